The summed E-state index contributed by atoms with van der Waals surface area (Å²) in [6, 6.07) is 8.33. The van der Waals surface area contributed by atoms with Gasteiger partial charge in [0.25, 0.3) is 0 Å². The molecule has 1 saturated heterocycles. The molecule has 1 aromatic heterocycles. The van der Waals surface area contributed by atoms with E-state index in [1.165, 1.54) is 12.0 Å². The number of nitriles is 1. The van der Waals surface area contributed by atoms with Gasteiger partial charge in [0, 0.05) is 13.1 Å². The second-order valence-electron chi connectivity index (χ2n) is 5.61. The largest absolute Gasteiger partial charge is 0.353 e. The summed E-state index contributed by atoms with van der Waals surface area (Å²) in [6.07, 6.45) is 3.56. The van der Waals surface area contributed by atoms with Gasteiger partial charge >= 0.3 is 0 Å². The van der Waals surface area contributed by atoms with Crippen molar-refractivity contribution >= 4 is 5.82 Å². The summed E-state index contributed by atoms with van der Waals surface area (Å²) in [4.78, 5) is 3.77. The Morgan fingerprint density at radius 2 is 1.86 bits per heavy atom. The molecule has 108 valence electrons. The quantitative estimate of drug-likeness (QED) is 0.849. The van der Waals surface area contributed by atoms with Crippen LogP contribution in [0.15, 0.2) is 18.2 Å². The lowest BCUT2D eigenvalue weighted by molar-refractivity contribution is 0.571. The molecule has 1 aliphatic heterocycles. The average molecular weight is 281 g/mol. The van der Waals surface area contributed by atoms with E-state index < -0.39 is 0 Å². The summed E-state index contributed by atoms with van der Waals surface area (Å²) in [5, 5.41) is 18.3. The summed E-state index contributed by atoms with van der Waals surface area (Å²) in [7, 11) is 0. The summed E-state index contributed by atoms with van der Waals surface area (Å²) < 4.78 is 0. The van der Waals surface area contributed by atoms with Crippen LogP contribution in [0.5, 0.6) is 0 Å². The molecule has 0 bridgehead atoms. The second-order valence-corrected chi connectivity index (χ2v) is 5.61. The number of anilines is 1. The first-order chi connectivity index (χ1) is 10.2. The SMILES string of the molecule is Cc1ccc(-n2nc(C#N)c(N3CCCCC3)n2)c(C)c1. The Morgan fingerprint density at radius 1 is 1.10 bits per heavy atom. The minimum absolute atomic E-state index is 0.414. The van der Waals surface area contributed by atoms with Crippen molar-refractivity contribution in [2.45, 2.75) is 33.1 Å². The normalized spacial score (nSPS) is 15.0. The van der Waals surface area contributed by atoms with E-state index in [1.807, 2.05) is 19.1 Å². The van der Waals surface area contributed by atoms with Crippen molar-refractivity contribution in [3.8, 4) is 11.8 Å². The number of piperidine rings is 1. The van der Waals surface area contributed by atoms with Gasteiger partial charge in [-0.15, -0.1) is 15.0 Å². The first-order valence-corrected chi connectivity index (χ1v) is 7.39. The van der Waals surface area contributed by atoms with Crippen molar-refractivity contribution in [2.24, 2.45) is 0 Å². The molecule has 0 saturated carbocycles. The van der Waals surface area contributed by atoms with Crippen LogP contribution >= 0.6 is 0 Å². The van der Waals surface area contributed by atoms with Gasteiger partial charge in [-0.2, -0.15) is 5.26 Å². The third-order valence-electron chi connectivity index (χ3n) is 3.93. The molecular weight excluding hydrogens is 262 g/mol. The van der Waals surface area contributed by atoms with E-state index >= 15 is 0 Å². The number of nitrogens with zero attached hydrogens (tertiary/aromatic N) is 5. The average Bonchev–Trinajstić information content (AvgIpc) is 2.92. The Labute approximate surface area is 124 Å². The van der Waals surface area contributed by atoms with Gasteiger partial charge in [-0.25, -0.2) is 0 Å². The highest BCUT2D eigenvalue weighted by atomic mass is 15.5. The minimum Gasteiger partial charge on any atom is -0.353 e. The molecule has 3 rings (SSSR count). The van der Waals surface area contributed by atoms with Gasteiger partial charge in [0.05, 0.1) is 5.69 Å². The molecule has 5 nitrogen and oxygen atoms in total. The summed E-state index contributed by atoms with van der Waals surface area (Å²) in [5.41, 5.74) is 3.66. The molecule has 1 aromatic carbocycles. The molecule has 0 atom stereocenters. The van der Waals surface area contributed by atoms with Crippen molar-refractivity contribution in [3.05, 3.63) is 35.0 Å². The topological polar surface area (TPSA) is 57.7 Å². The van der Waals surface area contributed by atoms with Crippen molar-refractivity contribution in [1.29, 1.82) is 5.26 Å². The van der Waals surface area contributed by atoms with Crippen LogP contribution in [-0.2, 0) is 0 Å². The van der Waals surface area contributed by atoms with Gasteiger partial charge in [-0.05, 0) is 44.7 Å². The maximum absolute atomic E-state index is 9.33. The summed E-state index contributed by atoms with van der Waals surface area (Å²) in [5.74, 6) is 0.720. The van der Waals surface area contributed by atoms with Crippen molar-refractivity contribution < 1.29 is 0 Å². The van der Waals surface area contributed by atoms with Crippen LogP contribution in [0.1, 0.15) is 36.1 Å². The molecule has 2 heterocycles. The van der Waals surface area contributed by atoms with Gasteiger partial charge in [0.15, 0.2) is 5.82 Å². The van der Waals surface area contributed by atoms with Crippen LogP contribution in [0.25, 0.3) is 5.69 Å². The lowest BCUT2D eigenvalue weighted by Gasteiger charge is -2.26. The highest BCUT2D eigenvalue weighted by Gasteiger charge is 2.20. The Bertz CT molecular complexity index is 689. The second kappa shape index (κ2) is 5.57. The molecule has 21 heavy (non-hydrogen) atoms. The number of hydrogen-bond acceptors (Lipinski definition) is 4. The predicted octanol–water partition coefficient (Wildman–Crippen LogP) is 2.75. The molecule has 1 fully saturated rings. The van der Waals surface area contributed by atoms with Gasteiger partial charge in [0.1, 0.15) is 6.07 Å². The van der Waals surface area contributed by atoms with Gasteiger partial charge in [-0.1, -0.05) is 17.7 Å². The van der Waals surface area contributed by atoms with Crippen LogP contribution in [-0.4, -0.2) is 28.1 Å². The Kier molecular flexibility index (Phi) is 3.61. The van der Waals surface area contributed by atoms with E-state index in [0.29, 0.717) is 5.69 Å². The zero-order valence-electron chi connectivity index (χ0n) is 12.5. The standard InChI is InChI=1S/C16H19N5/c1-12-6-7-15(13(2)10-12)21-18-14(11-17)16(19-21)20-8-4-3-5-9-20/h6-7,10H,3-5,8-9H2,1-2H3. The van der Waals surface area contributed by atoms with Crippen LogP contribution < -0.4 is 4.90 Å². The lowest BCUT2D eigenvalue weighted by Crippen LogP contribution is -2.30. The molecule has 2 aromatic rings. The van der Waals surface area contributed by atoms with E-state index in [9.17, 15) is 5.26 Å². The molecule has 5 heteroatoms. The van der Waals surface area contributed by atoms with Crippen LogP contribution in [0.2, 0.25) is 0 Å². The van der Waals surface area contributed by atoms with Gasteiger partial charge in [0.2, 0.25) is 5.69 Å². The van der Waals surface area contributed by atoms with E-state index in [0.717, 1.165) is 43.0 Å². The molecule has 0 N–H and O–H groups in total. The first-order valence-electron chi connectivity index (χ1n) is 7.39. The summed E-state index contributed by atoms with van der Waals surface area (Å²) >= 11 is 0. The maximum atomic E-state index is 9.33. The number of benzene rings is 1. The number of aromatic nitrogens is 3. The third kappa shape index (κ3) is 2.62. The smallest absolute Gasteiger partial charge is 0.207 e. The molecule has 0 radical (unpaired) electrons. The Balaban J connectivity index is 2.01. The summed E-state index contributed by atoms with van der Waals surface area (Å²) in [6.45, 7) is 6.02. The minimum atomic E-state index is 0.414. The van der Waals surface area contributed by atoms with Gasteiger partial charge in [-0.3, -0.25) is 0 Å². The molecule has 0 unspecified atom stereocenters. The fourth-order valence-electron chi connectivity index (χ4n) is 2.83. The number of hydrogen-bond donors (Lipinski definition) is 0. The van der Waals surface area contributed by atoms with E-state index in [4.69, 9.17) is 0 Å². The highest BCUT2D eigenvalue weighted by Crippen LogP contribution is 2.22. The zero-order chi connectivity index (χ0) is 14.8. The highest BCUT2D eigenvalue weighted by molar-refractivity contribution is 5.51. The van der Waals surface area contributed by atoms with E-state index in [2.05, 4.69) is 34.2 Å². The molecule has 0 amide bonds. The van der Waals surface area contributed by atoms with Crippen molar-refractivity contribution in [2.75, 3.05) is 18.0 Å². The van der Waals surface area contributed by atoms with Gasteiger partial charge < -0.3 is 4.90 Å². The fourth-order valence-corrected chi connectivity index (χ4v) is 2.83. The fraction of sp³-hybridized carbons (Fsp3) is 0.438. The maximum Gasteiger partial charge on any atom is 0.207 e. The van der Waals surface area contributed by atoms with E-state index in [-0.39, 0.29) is 0 Å². The van der Waals surface area contributed by atoms with Crippen molar-refractivity contribution in [3.63, 3.8) is 0 Å². The monoisotopic (exact) mass is 281 g/mol. The Morgan fingerprint density at radius 3 is 2.52 bits per heavy atom. The predicted molar refractivity (Wildman–Crippen MR) is 81.6 cm³/mol. The van der Waals surface area contributed by atoms with Crippen LogP contribution in [0.4, 0.5) is 5.82 Å². The lowest BCUT2D eigenvalue weighted by atomic mass is 10.1. The molecule has 1 aliphatic rings. The van der Waals surface area contributed by atoms with Crippen LogP contribution in [0, 0.1) is 25.2 Å². The number of aryl methyl sites for hydroxylation is 2. The van der Waals surface area contributed by atoms with E-state index in [1.54, 1.807) is 4.80 Å². The zero-order valence-corrected chi connectivity index (χ0v) is 12.5. The Hall–Kier alpha value is -2.35. The van der Waals surface area contributed by atoms with Crippen molar-refractivity contribution in [1.82, 2.24) is 15.0 Å². The number of rotatable bonds is 2. The third-order valence-corrected chi connectivity index (χ3v) is 3.93. The molecule has 0 aliphatic carbocycles. The first kappa shape index (κ1) is 13.6. The molecular formula is C16H19N5. The molecule has 0 spiro atoms. The van der Waals surface area contributed by atoms with Crippen LogP contribution in [0.3, 0.4) is 0 Å².